The van der Waals surface area contributed by atoms with Gasteiger partial charge in [-0.05, 0) is 44.1 Å². The average Bonchev–Trinajstić information content (AvgIpc) is 2.99. The van der Waals surface area contributed by atoms with E-state index in [-0.39, 0.29) is 23.4 Å². The van der Waals surface area contributed by atoms with E-state index in [0.717, 1.165) is 18.4 Å². The smallest absolute Gasteiger partial charge is 0.310 e. The molecule has 2 rings (SSSR count). The van der Waals surface area contributed by atoms with E-state index in [4.69, 9.17) is 4.74 Å². The number of carbonyl (C=O) groups is 1. The number of aryl methyl sites for hydroxylation is 1. The van der Waals surface area contributed by atoms with Crippen LogP contribution in [0.4, 0.5) is 0 Å². The molecule has 3 unspecified atom stereocenters. The van der Waals surface area contributed by atoms with Gasteiger partial charge in [0.05, 0.1) is 5.92 Å². The van der Waals surface area contributed by atoms with E-state index in [1.54, 1.807) is 0 Å². The largest absolute Gasteiger partial charge is 0.457 e. The van der Waals surface area contributed by atoms with Crippen molar-refractivity contribution in [3.05, 3.63) is 47.0 Å². The number of rotatable bonds is 6. The maximum Gasteiger partial charge on any atom is 0.310 e. The zero-order chi connectivity index (χ0) is 17.2. The van der Waals surface area contributed by atoms with Gasteiger partial charge in [0.2, 0.25) is 0 Å². The number of esters is 1. The molecule has 3 atom stereocenters. The molecule has 0 aliphatic heterocycles. The molecule has 2 heteroatoms. The average molecular weight is 314 g/mol. The molecule has 126 valence electrons. The highest BCUT2D eigenvalue weighted by Gasteiger charge is 2.61. The molecule has 1 aromatic carbocycles. The third kappa shape index (κ3) is 4.04. The van der Waals surface area contributed by atoms with E-state index in [1.165, 1.54) is 11.1 Å². The molecule has 0 heterocycles. The second kappa shape index (κ2) is 6.90. The Morgan fingerprint density at radius 3 is 2.39 bits per heavy atom. The maximum absolute atomic E-state index is 12.7. The molecule has 2 nitrogen and oxygen atoms in total. The van der Waals surface area contributed by atoms with Crippen LogP contribution in [0.2, 0.25) is 0 Å². The fourth-order valence-electron chi connectivity index (χ4n) is 3.35. The lowest BCUT2D eigenvalue weighted by Crippen LogP contribution is -2.15. The number of hydrogen-bond donors (Lipinski definition) is 0. The van der Waals surface area contributed by atoms with Gasteiger partial charge < -0.3 is 4.74 Å². The van der Waals surface area contributed by atoms with Gasteiger partial charge in [0.1, 0.15) is 6.10 Å². The van der Waals surface area contributed by atoms with Crippen LogP contribution < -0.4 is 0 Å². The summed E-state index contributed by atoms with van der Waals surface area (Å²) in [5, 5.41) is 0. The molecule has 1 aliphatic rings. The standard InChI is InChI=1S/C21H30O2/c1-7-8-18(16-11-9-15(4)10-12-16)23-20(22)19-17(13-14(2)3)21(19,5)6/h9-13,17-19H,7-8H2,1-6H3. The topological polar surface area (TPSA) is 26.3 Å². The first-order valence-electron chi connectivity index (χ1n) is 8.69. The first kappa shape index (κ1) is 17.8. The molecule has 0 amide bonds. The molecule has 1 aromatic rings. The van der Waals surface area contributed by atoms with E-state index < -0.39 is 0 Å². The lowest BCUT2D eigenvalue weighted by molar-refractivity contribution is -0.152. The SMILES string of the molecule is CCCC(OC(=O)C1C(C=C(C)C)C1(C)C)c1ccc(C)cc1. The Labute approximate surface area is 140 Å². The Bertz CT molecular complexity index is 576. The van der Waals surface area contributed by atoms with Crippen molar-refractivity contribution < 1.29 is 9.53 Å². The van der Waals surface area contributed by atoms with Gasteiger partial charge in [-0.3, -0.25) is 4.79 Å². The molecule has 0 N–H and O–H groups in total. The summed E-state index contributed by atoms with van der Waals surface area (Å²) in [4.78, 5) is 12.7. The van der Waals surface area contributed by atoms with Crippen LogP contribution in [0.1, 0.15) is 64.7 Å². The maximum atomic E-state index is 12.7. The lowest BCUT2D eigenvalue weighted by atomic mass is 10.0. The first-order valence-corrected chi connectivity index (χ1v) is 8.69. The Balaban J connectivity index is 2.10. The summed E-state index contributed by atoms with van der Waals surface area (Å²) in [6.45, 7) is 12.7. The van der Waals surface area contributed by atoms with Gasteiger partial charge in [-0.25, -0.2) is 0 Å². The van der Waals surface area contributed by atoms with Crippen molar-refractivity contribution in [3.63, 3.8) is 0 Å². The Morgan fingerprint density at radius 2 is 1.87 bits per heavy atom. The van der Waals surface area contributed by atoms with Crippen molar-refractivity contribution in [2.45, 2.75) is 60.5 Å². The van der Waals surface area contributed by atoms with Crippen LogP contribution in [-0.2, 0) is 9.53 Å². The molecule has 0 spiro atoms. The highest BCUT2D eigenvalue weighted by molar-refractivity contribution is 5.78. The van der Waals surface area contributed by atoms with Gasteiger partial charge in [0.15, 0.2) is 0 Å². The molecule has 1 fully saturated rings. The molecule has 1 aliphatic carbocycles. The minimum Gasteiger partial charge on any atom is -0.457 e. The summed E-state index contributed by atoms with van der Waals surface area (Å²) in [5.74, 6) is 0.249. The summed E-state index contributed by atoms with van der Waals surface area (Å²) >= 11 is 0. The van der Waals surface area contributed by atoms with Crippen molar-refractivity contribution in [1.29, 1.82) is 0 Å². The Hall–Kier alpha value is -1.57. The zero-order valence-corrected chi connectivity index (χ0v) is 15.3. The summed E-state index contributed by atoms with van der Waals surface area (Å²) in [6.07, 6.45) is 3.95. The van der Waals surface area contributed by atoms with Gasteiger partial charge >= 0.3 is 5.97 Å². The van der Waals surface area contributed by atoms with Crippen LogP contribution in [0.25, 0.3) is 0 Å². The zero-order valence-electron chi connectivity index (χ0n) is 15.3. The molecule has 0 radical (unpaired) electrons. The van der Waals surface area contributed by atoms with Crippen LogP contribution in [0, 0.1) is 24.2 Å². The Kier molecular flexibility index (Phi) is 5.33. The fraction of sp³-hybridized carbons (Fsp3) is 0.571. The number of ether oxygens (including phenoxy) is 1. The van der Waals surface area contributed by atoms with Gasteiger partial charge in [0.25, 0.3) is 0 Å². The molecular weight excluding hydrogens is 284 g/mol. The lowest BCUT2D eigenvalue weighted by Gasteiger charge is -2.18. The van der Waals surface area contributed by atoms with Gasteiger partial charge in [0, 0.05) is 0 Å². The second-order valence-corrected chi connectivity index (χ2v) is 7.69. The molecule has 0 aromatic heterocycles. The van der Waals surface area contributed by atoms with Crippen LogP contribution >= 0.6 is 0 Å². The Morgan fingerprint density at radius 1 is 1.26 bits per heavy atom. The fourth-order valence-corrected chi connectivity index (χ4v) is 3.35. The highest BCUT2D eigenvalue weighted by atomic mass is 16.5. The number of hydrogen-bond acceptors (Lipinski definition) is 2. The van der Waals surface area contributed by atoms with Crippen molar-refractivity contribution in [2.75, 3.05) is 0 Å². The van der Waals surface area contributed by atoms with Crippen LogP contribution in [0.3, 0.4) is 0 Å². The number of carbonyl (C=O) groups excluding carboxylic acids is 1. The van der Waals surface area contributed by atoms with Crippen molar-refractivity contribution in [2.24, 2.45) is 17.3 Å². The van der Waals surface area contributed by atoms with Crippen molar-refractivity contribution >= 4 is 5.97 Å². The van der Waals surface area contributed by atoms with Crippen LogP contribution in [0.5, 0.6) is 0 Å². The molecule has 0 bridgehead atoms. The third-order valence-electron chi connectivity index (χ3n) is 4.94. The van der Waals surface area contributed by atoms with E-state index in [0.29, 0.717) is 5.92 Å². The predicted octanol–water partition coefficient (Wildman–Crippen LogP) is 5.62. The third-order valence-corrected chi connectivity index (χ3v) is 4.94. The predicted molar refractivity (Wildman–Crippen MR) is 95.1 cm³/mol. The van der Waals surface area contributed by atoms with Crippen molar-refractivity contribution in [1.82, 2.24) is 0 Å². The van der Waals surface area contributed by atoms with E-state index in [9.17, 15) is 4.79 Å². The van der Waals surface area contributed by atoms with Crippen molar-refractivity contribution in [3.8, 4) is 0 Å². The molecule has 1 saturated carbocycles. The normalized spacial score (nSPS) is 23.0. The summed E-state index contributed by atoms with van der Waals surface area (Å²) < 4.78 is 5.92. The van der Waals surface area contributed by atoms with E-state index in [1.807, 2.05) is 0 Å². The first-order chi connectivity index (χ1) is 10.8. The van der Waals surface area contributed by atoms with Gasteiger partial charge in [-0.2, -0.15) is 0 Å². The van der Waals surface area contributed by atoms with E-state index in [2.05, 4.69) is 71.9 Å². The second-order valence-electron chi connectivity index (χ2n) is 7.69. The molecular formula is C21H30O2. The molecule has 23 heavy (non-hydrogen) atoms. The summed E-state index contributed by atoms with van der Waals surface area (Å²) in [5.41, 5.74) is 3.60. The summed E-state index contributed by atoms with van der Waals surface area (Å²) in [7, 11) is 0. The summed E-state index contributed by atoms with van der Waals surface area (Å²) in [6, 6.07) is 8.32. The monoisotopic (exact) mass is 314 g/mol. The van der Waals surface area contributed by atoms with Crippen LogP contribution in [-0.4, -0.2) is 5.97 Å². The van der Waals surface area contributed by atoms with E-state index >= 15 is 0 Å². The minimum atomic E-state index is -0.128. The van der Waals surface area contributed by atoms with Gasteiger partial charge in [-0.15, -0.1) is 0 Å². The van der Waals surface area contributed by atoms with Gasteiger partial charge in [-0.1, -0.05) is 68.7 Å². The number of allylic oxidation sites excluding steroid dienone is 2. The molecule has 0 saturated heterocycles. The van der Waals surface area contributed by atoms with Crippen LogP contribution in [0.15, 0.2) is 35.9 Å². The highest BCUT2D eigenvalue weighted by Crippen LogP contribution is 2.60. The quantitative estimate of drug-likeness (QED) is 0.503. The number of benzene rings is 1. The minimum absolute atomic E-state index is 0.0118.